The van der Waals surface area contributed by atoms with Crippen molar-refractivity contribution in [2.24, 2.45) is 4.36 Å². The third-order valence-electron chi connectivity index (χ3n) is 2.48. The van der Waals surface area contributed by atoms with Gasteiger partial charge >= 0.3 is 6.09 Å². The summed E-state index contributed by atoms with van der Waals surface area (Å²) in [6.45, 7) is 11.2. The number of ether oxygens (including phenoxy) is 1. The first kappa shape index (κ1) is 17.6. The second-order valence-corrected chi connectivity index (χ2v) is 9.03. The van der Waals surface area contributed by atoms with Gasteiger partial charge < -0.3 is 4.74 Å². The van der Waals surface area contributed by atoms with Crippen molar-refractivity contribution in [3.05, 3.63) is 18.0 Å². The molecule has 0 fully saturated rings. The third-order valence-corrected chi connectivity index (χ3v) is 3.86. The fourth-order valence-electron chi connectivity index (χ4n) is 1.36. The second-order valence-electron chi connectivity index (χ2n) is 6.88. The minimum Gasteiger partial charge on any atom is -0.442 e. The maximum Gasteiger partial charge on any atom is 0.442 e. The fraction of sp³-hybridized carbons (Fsp3) is 0.643. The summed E-state index contributed by atoms with van der Waals surface area (Å²) >= 11 is 0. The molecule has 21 heavy (non-hydrogen) atoms. The van der Waals surface area contributed by atoms with E-state index in [4.69, 9.17) is 4.74 Å². The van der Waals surface area contributed by atoms with Crippen LogP contribution in [0.15, 0.2) is 21.9 Å². The highest BCUT2D eigenvalue weighted by Gasteiger charge is 2.20. The monoisotopic (exact) mass is 313 g/mol. The zero-order valence-corrected chi connectivity index (χ0v) is 14.4. The number of hydrogen-bond donors (Lipinski definition) is 0. The molecule has 1 atom stereocenters. The number of carbonyl (C=O) groups is 1. The molecule has 1 rings (SSSR count). The molecule has 118 valence electrons. The summed E-state index contributed by atoms with van der Waals surface area (Å²) in [6.07, 6.45) is 3.66. The molecule has 0 aliphatic carbocycles. The lowest BCUT2D eigenvalue weighted by atomic mass is 9.89. The topological polar surface area (TPSA) is 81.5 Å². The predicted octanol–water partition coefficient (Wildman–Crippen LogP) is 3.17. The van der Waals surface area contributed by atoms with Crippen molar-refractivity contribution >= 4 is 15.8 Å². The molecule has 0 spiro atoms. The van der Waals surface area contributed by atoms with Crippen molar-refractivity contribution in [3.63, 3.8) is 0 Å². The molecule has 1 amide bonds. The van der Waals surface area contributed by atoms with Crippen LogP contribution in [0.2, 0.25) is 0 Å². The molecule has 0 saturated heterocycles. The summed E-state index contributed by atoms with van der Waals surface area (Å²) in [4.78, 5) is 19.8. The van der Waals surface area contributed by atoms with Gasteiger partial charge in [0.1, 0.15) is 15.3 Å². The Morgan fingerprint density at radius 1 is 1.14 bits per heavy atom. The lowest BCUT2D eigenvalue weighted by Gasteiger charge is -2.18. The van der Waals surface area contributed by atoms with E-state index in [2.05, 4.69) is 14.3 Å². The van der Waals surface area contributed by atoms with E-state index in [9.17, 15) is 9.00 Å². The molecule has 7 heteroatoms. The maximum atomic E-state index is 12.5. The van der Waals surface area contributed by atoms with Gasteiger partial charge in [-0.05, 0) is 31.7 Å². The smallest absolute Gasteiger partial charge is 0.442 e. The van der Waals surface area contributed by atoms with E-state index < -0.39 is 21.4 Å². The van der Waals surface area contributed by atoms with Gasteiger partial charge in [-0.1, -0.05) is 20.8 Å². The first-order valence-electron chi connectivity index (χ1n) is 6.59. The average Bonchev–Trinajstić information content (AvgIpc) is 2.24. The Kier molecular flexibility index (Phi) is 4.77. The molecule has 1 aromatic heterocycles. The van der Waals surface area contributed by atoms with E-state index >= 15 is 0 Å². The molecular weight excluding hydrogens is 290 g/mol. The zero-order valence-electron chi connectivity index (χ0n) is 13.6. The second kappa shape index (κ2) is 5.71. The van der Waals surface area contributed by atoms with Crippen LogP contribution in [0, 0.1) is 0 Å². The largest absolute Gasteiger partial charge is 0.442 e. The van der Waals surface area contributed by atoms with Gasteiger partial charge in [0.2, 0.25) is 5.16 Å². The van der Waals surface area contributed by atoms with Crippen molar-refractivity contribution in [2.75, 3.05) is 6.26 Å². The van der Waals surface area contributed by atoms with Crippen LogP contribution in [0.4, 0.5) is 4.79 Å². The lowest BCUT2D eigenvalue weighted by molar-refractivity contribution is 0.0607. The first-order valence-corrected chi connectivity index (χ1v) is 8.51. The van der Waals surface area contributed by atoms with Crippen LogP contribution in [0.1, 0.15) is 47.1 Å². The van der Waals surface area contributed by atoms with Gasteiger partial charge in [-0.3, -0.25) is 0 Å². The molecule has 1 aromatic rings. The Morgan fingerprint density at radius 3 is 2.00 bits per heavy atom. The Labute approximate surface area is 126 Å². The molecule has 6 nitrogen and oxygen atoms in total. The van der Waals surface area contributed by atoms with Gasteiger partial charge in [-0.15, -0.1) is 4.36 Å². The van der Waals surface area contributed by atoms with Crippen molar-refractivity contribution < 1.29 is 13.7 Å². The highest BCUT2D eigenvalue weighted by Crippen LogP contribution is 2.21. The minimum atomic E-state index is -3.02. The molecule has 0 saturated carbocycles. The number of nitrogens with zero attached hydrogens (tertiary/aromatic N) is 3. The number of hydrogen-bond acceptors (Lipinski definition) is 5. The highest BCUT2D eigenvalue weighted by molar-refractivity contribution is 7.93. The van der Waals surface area contributed by atoms with E-state index in [1.54, 1.807) is 33.2 Å². The summed E-state index contributed by atoms with van der Waals surface area (Å²) in [7, 11) is -3.02. The lowest BCUT2D eigenvalue weighted by Crippen LogP contribution is -2.23. The Morgan fingerprint density at radius 2 is 1.62 bits per heavy atom. The number of carbonyl (C=O) groups excluding carboxylic acids is 1. The van der Waals surface area contributed by atoms with E-state index in [0.717, 1.165) is 5.56 Å². The van der Waals surface area contributed by atoms with Crippen LogP contribution in [-0.4, -0.2) is 32.1 Å². The normalized spacial score (nSPS) is 15.2. The van der Waals surface area contributed by atoms with Gasteiger partial charge in [-0.25, -0.2) is 19.0 Å². The van der Waals surface area contributed by atoms with Crippen LogP contribution in [0.5, 0.6) is 0 Å². The maximum absolute atomic E-state index is 12.5. The van der Waals surface area contributed by atoms with E-state index in [-0.39, 0.29) is 10.6 Å². The first-order chi connectivity index (χ1) is 9.31. The molecule has 1 unspecified atom stereocenters. The fourth-order valence-corrected chi connectivity index (χ4v) is 2.26. The van der Waals surface area contributed by atoms with Gasteiger partial charge in [-0.2, -0.15) is 0 Å². The third kappa shape index (κ3) is 5.41. The standard InChI is InChI=1S/C14H23N3O3S/c1-13(2,3)10-8-15-11(16-9-10)21(7,19)17-12(18)20-14(4,5)6/h8-9H,1-7H3. The predicted molar refractivity (Wildman–Crippen MR) is 81.7 cm³/mol. The van der Waals surface area contributed by atoms with Crippen molar-refractivity contribution in [1.29, 1.82) is 0 Å². The van der Waals surface area contributed by atoms with Crippen molar-refractivity contribution in [1.82, 2.24) is 9.97 Å². The number of aromatic nitrogens is 2. The van der Waals surface area contributed by atoms with E-state index in [1.807, 2.05) is 20.8 Å². The van der Waals surface area contributed by atoms with E-state index in [0.29, 0.717) is 0 Å². The number of rotatable bonds is 1. The van der Waals surface area contributed by atoms with Crippen LogP contribution >= 0.6 is 0 Å². The summed E-state index contributed by atoms with van der Waals surface area (Å²) in [5, 5.41) is 0.0290. The Hall–Kier alpha value is -1.50. The SMILES string of the molecule is CC(C)(C)OC(=O)N=S(C)(=O)c1ncc(C(C)(C)C)cn1. The van der Waals surface area contributed by atoms with Gasteiger partial charge in [0, 0.05) is 18.6 Å². The molecule has 0 aromatic carbocycles. The van der Waals surface area contributed by atoms with Crippen LogP contribution < -0.4 is 0 Å². The van der Waals surface area contributed by atoms with Crippen LogP contribution in [-0.2, 0) is 19.9 Å². The quantitative estimate of drug-likeness (QED) is 0.744. The molecule has 0 aliphatic rings. The van der Waals surface area contributed by atoms with E-state index in [1.165, 1.54) is 6.26 Å². The molecule has 0 bridgehead atoms. The average molecular weight is 313 g/mol. The Balaban J connectivity index is 3.08. The van der Waals surface area contributed by atoms with Gasteiger partial charge in [0.05, 0.1) is 0 Å². The van der Waals surface area contributed by atoms with Crippen LogP contribution in [0.3, 0.4) is 0 Å². The minimum absolute atomic E-state index is 0.0290. The van der Waals surface area contributed by atoms with Gasteiger partial charge in [0.25, 0.3) is 0 Å². The van der Waals surface area contributed by atoms with Crippen LogP contribution in [0.25, 0.3) is 0 Å². The highest BCUT2D eigenvalue weighted by atomic mass is 32.2. The summed E-state index contributed by atoms with van der Waals surface area (Å²) < 4.78 is 21.1. The zero-order chi connectivity index (χ0) is 16.5. The molecule has 0 N–H and O–H groups in total. The van der Waals surface area contributed by atoms with Gasteiger partial charge in [0.15, 0.2) is 0 Å². The molecule has 1 heterocycles. The van der Waals surface area contributed by atoms with Crippen molar-refractivity contribution in [2.45, 2.75) is 57.7 Å². The molecule has 0 radical (unpaired) electrons. The Bertz CT molecular complexity index is 631. The summed E-state index contributed by atoms with van der Waals surface area (Å²) in [5.74, 6) is 0. The summed E-state index contributed by atoms with van der Waals surface area (Å²) in [5.41, 5.74) is 0.126. The van der Waals surface area contributed by atoms with Crippen molar-refractivity contribution in [3.8, 4) is 0 Å². The molecule has 0 aliphatic heterocycles. The molecular formula is C14H23N3O3S. The number of amides is 1. The summed E-state index contributed by atoms with van der Waals surface area (Å²) in [6, 6.07) is 0.